The maximum atomic E-state index is 12.6. The van der Waals surface area contributed by atoms with E-state index in [1.807, 2.05) is 42.2 Å². The van der Waals surface area contributed by atoms with Crippen LogP contribution in [0.25, 0.3) is 0 Å². The topological polar surface area (TPSA) is 113 Å². The van der Waals surface area contributed by atoms with E-state index in [1.54, 1.807) is 25.1 Å². The van der Waals surface area contributed by atoms with Crippen LogP contribution in [0.4, 0.5) is 5.69 Å². The van der Waals surface area contributed by atoms with E-state index in [-0.39, 0.29) is 11.8 Å². The minimum Gasteiger partial charge on any atom is -0.506 e. The summed E-state index contributed by atoms with van der Waals surface area (Å²) in [7, 11) is 0. The number of rotatable bonds is 6. The van der Waals surface area contributed by atoms with Gasteiger partial charge in [0.25, 0.3) is 11.8 Å². The Morgan fingerprint density at radius 2 is 1.55 bits per heavy atom. The van der Waals surface area contributed by atoms with Gasteiger partial charge in [0.15, 0.2) is 12.2 Å². The number of benzene rings is 2. The zero-order chi connectivity index (χ0) is 22.5. The van der Waals surface area contributed by atoms with Crippen LogP contribution < -0.4 is 10.2 Å². The van der Waals surface area contributed by atoms with Gasteiger partial charge in [-0.05, 0) is 31.5 Å². The standard InChI is InChI=1S/C23H29N3O5/c1-15-7-9-17(10-8-15)16(2)24-22(30)20(28)21(29)23(31)26-13-11-25(12-14-26)18-5-3-4-6-19(18)27/h3-10,16,20-21,27-29H,11-14H2,1-2H3,(H,24,30)/t16-,20?,21?/m0/s1. The van der Waals surface area contributed by atoms with Gasteiger partial charge in [-0.1, -0.05) is 42.0 Å². The number of phenols is 1. The van der Waals surface area contributed by atoms with E-state index in [0.29, 0.717) is 31.9 Å². The van der Waals surface area contributed by atoms with Crippen molar-refractivity contribution in [3.63, 3.8) is 0 Å². The van der Waals surface area contributed by atoms with Gasteiger partial charge in [-0.3, -0.25) is 9.59 Å². The highest BCUT2D eigenvalue weighted by Crippen LogP contribution is 2.27. The van der Waals surface area contributed by atoms with E-state index in [2.05, 4.69) is 5.32 Å². The first-order chi connectivity index (χ1) is 14.8. The first-order valence-corrected chi connectivity index (χ1v) is 10.3. The summed E-state index contributed by atoms with van der Waals surface area (Å²) >= 11 is 0. The average molecular weight is 428 g/mol. The van der Waals surface area contributed by atoms with Crippen molar-refractivity contribution in [3.05, 3.63) is 59.7 Å². The summed E-state index contributed by atoms with van der Waals surface area (Å²) in [5.74, 6) is -1.33. The third-order valence-corrected chi connectivity index (χ3v) is 5.57. The summed E-state index contributed by atoms with van der Waals surface area (Å²) in [6.45, 7) is 5.26. The fraction of sp³-hybridized carbons (Fsp3) is 0.391. The molecular weight excluding hydrogens is 398 g/mol. The van der Waals surface area contributed by atoms with Gasteiger partial charge in [-0.15, -0.1) is 0 Å². The maximum absolute atomic E-state index is 12.6. The Morgan fingerprint density at radius 3 is 2.16 bits per heavy atom. The van der Waals surface area contributed by atoms with Crippen molar-refractivity contribution in [2.45, 2.75) is 32.1 Å². The van der Waals surface area contributed by atoms with Crippen molar-refractivity contribution in [2.24, 2.45) is 0 Å². The lowest BCUT2D eigenvalue weighted by molar-refractivity contribution is -0.153. The second kappa shape index (κ2) is 9.80. The first kappa shape index (κ1) is 22.6. The molecule has 0 aliphatic carbocycles. The Bertz CT molecular complexity index is 910. The van der Waals surface area contributed by atoms with Crippen LogP contribution in [0.5, 0.6) is 5.75 Å². The molecule has 1 saturated heterocycles. The fourth-order valence-corrected chi connectivity index (χ4v) is 3.60. The minimum absolute atomic E-state index is 0.164. The number of nitrogens with one attached hydrogen (secondary N) is 1. The molecule has 31 heavy (non-hydrogen) atoms. The van der Waals surface area contributed by atoms with E-state index >= 15 is 0 Å². The van der Waals surface area contributed by atoms with Gasteiger partial charge in [0.05, 0.1) is 11.7 Å². The molecule has 0 saturated carbocycles. The molecule has 3 rings (SSSR count). The molecule has 2 aromatic carbocycles. The Hall–Kier alpha value is -3.10. The van der Waals surface area contributed by atoms with Crippen molar-refractivity contribution in [3.8, 4) is 5.75 Å². The van der Waals surface area contributed by atoms with E-state index in [0.717, 1.165) is 11.1 Å². The third kappa shape index (κ3) is 5.34. The van der Waals surface area contributed by atoms with Gasteiger partial charge in [0.2, 0.25) is 0 Å². The van der Waals surface area contributed by atoms with Gasteiger partial charge in [0.1, 0.15) is 5.75 Å². The number of amides is 2. The summed E-state index contributed by atoms with van der Waals surface area (Å²) < 4.78 is 0. The van der Waals surface area contributed by atoms with Crippen LogP contribution in [0.3, 0.4) is 0 Å². The number of nitrogens with zero attached hydrogens (tertiary/aromatic N) is 2. The smallest absolute Gasteiger partial charge is 0.254 e. The van der Waals surface area contributed by atoms with Crippen LogP contribution in [-0.4, -0.2) is 70.4 Å². The van der Waals surface area contributed by atoms with Crippen LogP contribution in [-0.2, 0) is 9.59 Å². The first-order valence-electron chi connectivity index (χ1n) is 10.3. The summed E-state index contributed by atoms with van der Waals surface area (Å²) in [5.41, 5.74) is 2.62. The summed E-state index contributed by atoms with van der Waals surface area (Å²) in [6.07, 6.45) is -3.71. The summed E-state index contributed by atoms with van der Waals surface area (Å²) in [4.78, 5) is 28.3. The number of piperazine rings is 1. The molecule has 166 valence electrons. The Balaban J connectivity index is 1.53. The van der Waals surface area contributed by atoms with E-state index < -0.39 is 24.0 Å². The van der Waals surface area contributed by atoms with Crippen LogP contribution in [0.2, 0.25) is 0 Å². The number of carbonyl (C=O) groups excluding carboxylic acids is 2. The van der Waals surface area contributed by atoms with Gasteiger partial charge in [0, 0.05) is 26.2 Å². The average Bonchev–Trinajstić information content (AvgIpc) is 2.78. The predicted molar refractivity (Wildman–Crippen MR) is 117 cm³/mol. The SMILES string of the molecule is Cc1ccc([C@H](C)NC(=O)C(O)C(O)C(=O)N2CCN(c3ccccc3O)CC2)cc1. The molecule has 8 nitrogen and oxygen atoms in total. The number of aromatic hydroxyl groups is 1. The molecule has 0 bridgehead atoms. The molecule has 1 aliphatic rings. The number of aliphatic hydroxyl groups excluding tert-OH is 2. The van der Waals surface area contributed by atoms with Crippen molar-refractivity contribution in [2.75, 3.05) is 31.1 Å². The minimum atomic E-state index is -1.86. The number of carbonyl (C=O) groups is 2. The van der Waals surface area contributed by atoms with Crippen molar-refractivity contribution < 1.29 is 24.9 Å². The van der Waals surface area contributed by atoms with Crippen molar-refractivity contribution >= 4 is 17.5 Å². The second-order valence-corrected chi connectivity index (χ2v) is 7.83. The molecule has 2 amide bonds. The van der Waals surface area contributed by atoms with E-state index in [4.69, 9.17) is 0 Å². The number of hydrogen-bond acceptors (Lipinski definition) is 6. The molecule has 2 aromatic rings. The number of aryl methyl sites for hydroxylation is 1. The third-order valence-electron chi connectivity index (χ3n) is 5.57. The molecule has 2 unspecified atom stereocenters. The Labute approximate surface area is 181 Å². The van der Waals surface area contributed by atoms with Gasteiger partial charge >= 0.3 is 0 Å². The quantitative estimate of drug-likeness (QED) is 0.546. The number of aliphatic hydroxyl groups is 2. The van der Waals surface area contributed by atoms with Gasteiger partial charge in [-0.25, -0.2) is 0 Å². The predicted octanol–water partition coefficient (Wildman–Crippen LogP) is 0.948. The van der Waals surface area contributed by atoms with Crippen molar-refractivity contribution in [1.29, 1.82) is 0 Å². The summed E-state index contributed by atoms with van der Waals surface area (Å²) in [5, 5.41) is 33.2. The molecule has 1 fully saturated rings. The second-order valence-electron chi connectivity index (χ2n) is 7.83. The normalized spacial score (nSPS) is 17.0. The molecule has 0 aromatic heterocycles. The van der Waals surface area contributed by atoms with Gasteiger partial charge in [-0.2, -0.15) is 0 Å². The zero-order valence-corrected chi connectivity index (χ0v) is 17.7. The molecule has 1 aliphatic heterocycles. The molecule has 0 spiro atoms. The lowest BCUT2D eigenvalue weighted by Crippen LogP contribution is -2.55. The Kier molecular flexibility index (Phi) is 7.14. The van der Waals surface area contributed by atoms with Gasteiger partial charge < -0.3 is 30.4 Å². The molecule has 8 heteroatoms. The molecule has 4 N–H and O–H groups in total. The fourth-order valence-electron chi connectivity index (χ4n) is 3.60. The van der Waals surface area contributed by atoms with E-state index in [9.17, 15) is 24.9 Å². The number of phenolic OH excluding ortho intramolecular Hbond substituents is 1. The zero-order valence-electron chi connectivity index (χ0n) is 17.7. The number of anilines is 1. The molecule has 1 heterocycles. The van der Waals surface area contributed by atoms with Crippen LogP contribution >= 0.6 is 0 Å². The lowest BCUT2D eigenvalue weighted by atomic mass is 10.1. The largest absolute Gasteiger partial charge is 0.506 e. The van der Waals surface area contributed by atoms with E-state index in [1.165, 1.54) is 4.90 Å². The number of hydrogen-bond donors (Lipinski definition) is 4. The highest BCUT2D eigenvalue weighted by atomic mass is 16.3. The number of para-hydroxylation sites is 2. The molecule has 0 radical (unpaired) electrons. The monoisotopic (exact) mass is 427 g/mol. The summed E-state index contributed by atoms with van der Waals surface area (Å²) in [6, 6.07) is 14.2. The van der Waals surface area contributed by atoms with Crippen molar-refractivity contribution in [1.82, 2.24) is 10.2 Å². The molecule has 3 atom stereocenters. The van der Waals surface area contributed by atoms with Crippen LogP contribution in [0, 0.1) is 6.92 Å². The Morgan fingerprint density at radius 1 is 0.935 bits per heavy atom. The maximum Gasteiger partial charge on any atom is 0.254 e. The highest BCUT2D eigenvalue weighted by Gasteiger charge is 2.35. The highest BCUT2D eigenvalue weighted by molar-refractivity contribution is 5.91. The van der Waals surface area contributed by atoms with Crippen LogP contribution in [0.15, 0.2) is 48.5 Å². The molecular formula is C23H29N3O5. The lowest BCUT2D eigenvalue weighted by Gasteiger charge is -2.37. The van der Waals surface area contributed by atoms with Crippen LogP contribution in [0.1, 0.15) is 24.1 Å².